The number of hydrogen-bond donors (Lipinski definition) is 0. The molecule has 1 saturated carbocycles. The molecule has 0 amide bonds. The molecular formula is C19H23NOS. The molecule has 0 unspecified atom stereocenters. The standard InChI is InChI=1S/C19H23NOS/c1-2-6-17(5-1)21-18-9-7-16-14-19(10-8-15(16)13-18)22-20-11-3-4-12-20/h7-10,13-14,17H,1-6,11-12H2. The van der Waals surface area contributed by atoms with Gasteiger partial charge in [-0.05, 0) is 85.5 Å². The molecule has 0 atom stereocenters. The number of hydrogen-bond acceptors (Lipinski definition) is 3. The Morgan fingerprint density at radius 2 is 1.59 bits per heavy atom. The summed E-state index contributed by atoms with van der Waals surface area (Å²) in [5.41, 5.74) is 0. The fraction of sp³-hybridized carbons (Fsp3) is 0.474. The zero-order chi connectivity index (χ0) is 14.8. The van der Waals surface area contributed by atoms with Crippen LogP contribution in [0.15, 0.2) is 41.3 Å². The summed E-state index contributed by atoms with van der Waals surface area (Å²) in [5, 5.41) is 2.59. The molecule has 3 heteroatoms. The van der Waals surface area contributed by atoms with Gasteiger partial charge < -0.3 is 4.74 Å². The Hall–Kier alpha value is -1.19. The molecule has 2 fully saturated rings. The lowest BCUT2D eigenvalue weighted by molar-refractivity contribution is 0.210. The topological polar surface area (TPSA) is 12.5 Å². The quantitative estimate of drug-likeness (QED) is 0.714. The van der Waals surface area contributed by atoms with Gasteiger partial charge in [0.05, 0.1) is 6.10 Å². The Morgan fingerprint density at radius 1 is 0.864 bits per heavy atom. The third-order valence-corrected chi connectivity index (χ3v) is 5.78. The Labute approximate surface area is 137 Å². The van der Waals surface area contributed by atoms with E-state index in [-0.39, 0.29) is 0 Å². The summed E-state index contributed by atoms with van der Waals surface area (Å²) in [4.78, 5) is 1.35. The Kier molecular flexibility index (Phi) is 4.26. The monoisotopic (exact) mass is 313 g/mol. The van der Waals surface area contributed by atoms with Gasteiger partial charge in [-0.1, -0.05) is 12.1 Å². The van der Waals surface area contributed by atoms with E-state index in [2.05, 4.69) is 40.7 Å². The van der Waals surface area contributed by atoms with Gasteiger partial charge in [0.2, 0.25) is 0 Å². The van der Waals surface area contributed by atoms with Crippen LogP contribution in [0, 0.1) is 0 Å². The molecule has 0 aromatic heterocycles. The van der Waals surface area contributed by atoms with Crippen LogP contribution in [0.5, 0.6) is 5.75 Å². The van der Waals surface area contributed by atoms with Crippen molar-refractivity contribution in [2.75, 3.05) is 13.1 Å². The lowest BCUT2D eigenvalue weighted by atomic mass is 10.1. The molecule has 2 nitrogen and oxygen atoms in total. The molecule has 116 valence electrons. The summed E-state index contributed by atoms with van der Waals surface area (Å²) in [6, 6.07) is 13.3. The van der Waals surface area contributed by atoms with Gasteiger partial charge in [-0.2, -0.15) is 0 Å². The molecular weight excluding hydrogens is 290 g/mol. The first-order valence-electron chi connectivity index (χ1n) is 8.50. The lowest BCUT2D eigenvalue weighted by Crippen LogP contribution is -2.10. The van der Waals surface area contributed by atoms with Crippen LogP contribution in [0.2, 0.25) is 0 Å². The minimum absolute atomic E-state index is 0.433. The fourth-order valence-corrected chi connectivity index (χ4v) is 4.51. The second kappa shape index (κ2) is 6.51. The SMILES string of the molecule is c1cc2cc(SN3CCCC3)ccc2cc1OC1CCCC1. The normalized spacial score (nSPS) is 20.0. The van der Waals surface area contributed by atoms with Crippen molar-refractivity contribution in [2.24, 2.45) is 0 Å². The highest BCUT2D eigenvalue weighted by Crippen LogP contribution is 2.31. The van der Waals surface area contributed by atoms with Crippen molar-refractivity contribution in [3.8, 4) is 5.75 Å². The maximum absolute atomic E-state index is 6.11. The van der Waals surface area contributed by atoms with E-state index >= 15 is 0 Å². The second-order valence-corrected chi connectivity index (χ2v) is 7.59. The largest absolute Gasteiger partial charge is 0.490 e. The van der Waals surface area contributed by atoms with E-state index in [9.17, 15) is 0 Å². The highest BCUT2D eigenvalue weighted by molar-refractivity contribution is 7.97. The summed E-state index contributed by atoms with van der Waals surface area (Å²) in [7, 11) is 0. The number of ether oxygens (including phenoxy) is 1. The summed E-state index contributed by atoms with van der Waals surface area (Å²) >= 11 is 1.90. The molecule has 4 rings (SSSR count). The van der Waals surface area contributed by atoms with Gasteiger partial charge in [-0.3, -0.25) is 0 Å². The van der Waals surface area contributed by atoms with E-state index in [4.69, 9.17) is 4.74 Å². The van der Waals surface area contributed by atoms with Gasteiger partial charge in [0.1, 0.15) is 5.75 Å². The highest BCUT2D eigenvalue weighted by atomic mass is 32.2. The number of nitrogens with zero attached hydrogens (tertiary/aromatic N) is 1. The van der Waals surface area contributed by atoms with E-state index in [1.54, 1.807) is 0 Å². The van der Waals surface area contributed by atoms with Gasteiger partial charge in [-0.15, -0.1) is 0 Å². The van der Waals surface area contributed by atoms with Crippen LogP contribution in [-0.2, 0) is 0 Å². The van der Waals surface area contributed by atoms with E-state index in [0.717, 1.165) is 5.75 Å². The van der Waals surface area contributed by atoms with E-state index in [0.29, 0.717) is 6.10 Å². The van der Waals surface area contributed by atoms with Gasteiger partial charge in [-0.25, -0.2) is 4.31 Å². The predicted octanol–water partition coefficient (Wildman–Crippen LogP) is 5.26. The molecule has 1 aliphatic heterocycles. The van der Waals surface area contributed by atoms with Crippen LogP contribution in [0.25, 0.3) is 10.8 Å². The van der Waals surface area contributed by atoms with Crippen LogP contribution >= 0.6 is 11.9 Å². The van der Waals surface area contributed by atoms with Crippen molar-refractivity contribution in [1.29, 1.82) is 0 Å². The number of fused-ring (bicyclic) bond motifs is 1. The van der Waals surface area contributed by atoms with Crippen LogP contribution in [0.1, 0.15) is 38.5 Å². The maximum atomic E-state index is 6.11. The first-order valence-corrected chi connectivity index (χ1v) is 9.27. The van der Waals surface area contributed by atoms with Gasteiger partial charge in [0.15, 0.2) is 0 Å². The highest BCUT2D eigenvalue weighted by Gasteiger charge is 2.16. The van der Waals surface area contributed by atoms with Gasteiger partial charge >= 0.3 is 0 Å². The van der Waals surface area contributed by atoms with E-state index in [1.807, 2.05) is 11.9 Å². The molecule has 0 radical (unpaired) electrons. The van der Waals surface area contributed by atoms with Crippen molar-refractivity contribution < 1.29 is 4.74 Å². The van der Waals surface area contributed by atoms with E-state index in [1.165, 1.54) is 67.3 Å². The molecule has 22 heavy (non-hydrogen) atoms. The van der Waals surface area contributed by atoms with Crippen LogP contribution in [0.4, 0.5) is 0 Å². The lowest BCUT2D eigenvalue weighted by Gasteiger charge is -2.15. The molecule has 2 aromatic rings. The maximum Gasteiger partial charge on any atom is 0.120 e. The summed E-state index contributed by atoms with van der Waals surface area (Å²) in [6.07, 6.45) is 8.16. The zero-order valence-electron chi connectivity index (χ0n) is 13.0. The van der Waals surface area contributed by atoms with Gasteiger partial charge in [0.25, 0.3) is 0 Å². The fourth-order valence-electron chi connectivity index (χ4n) is 3.46. The van der Waals surface area contributed by atoms with Crippen LogP contribution in [0.3, 0.4) is 0 Å². The summed E-state index contributed by atoms with van der Waals surface area (Å²) in [5.74, 6) is 1.03. The molecule has 0 spiro atoms. The van der Waals surface area contributed by atoms with Crippen molar-refractivity contribution in [3.63, 3.8) is 0 Å². The average Bonchev–Trinajstić information content (AvgIpc) is 3.21. The van der Waals surface area contributed by atoms with Crippen molar-refractivity contribution in [3.05, 3.63) is 36.4 Å². The number of rotatable bonds is 4. The Morgan fingerprint density at radius 3 is 2.41 bits per heavy atom. The molecule has 2 aliphatic rings. The van der Waals surface area contributed by atoms with Crippen LogP contribution in [-0.4, -0.2) is 23.5 Å². The smallest absolute Gasteiger partial charge is 0.120 e. The molecule has 1 saturated heterocycles. The molecule has 1 aliphatic carbocycles. The van der Waals surface area contributed by atoms with Gasteiger partial charge in [0, 0.05) is 18.0 Å². The minimum atomic E-state index is 0.433. The Bertz CT molecular complexity index is 588. The zero-order valence-corrected chi connectivity index (χ0v) is 13.8. The van der Waals surface area contributed by atoms with Crippen molar-refractivity contribution in [2.45, 2.75) is 49.5 Å². The summed E-state index contributed by atoms with van der Waals surface area (Å²) < 4.78 is 8.58. The molecule has 0 N–H and O–H groups in total. The second-order valence-electron chi connectivity index (χ2n) is 6.42. The molecule has 2 aromatic carbocycles. The first-order chi connectivity index (χ1) is 10.9. The molecule has 1 heterocycles. The minimum Gasteiger partial charge on any atom is -0.490 e. The molecule has 0 bridgehead atoms. The van der Waals surface area contributed by atoms with Crippen LogP contribution < -0.4 is 4.74 Å². The average molecular weight is 313 g/mol. The first kappa shape index (κ1) is 14.4. The predicted molar refractivity (Wildman–Crippen MR) is 93.5 cm³/mol. The van der Waals surface area contributed by atoms with E-state index < -0.39 is 0 Å². The van der Waals surface area contributed by atoms with Crippen molar-refractivity contribution in [1.82, 2.24) is 4.31 Å². The number of benzene rings is 2. The Balaban J connectivity index is 1.50. The summed E-state index contributed by atoms with van der Waals surface area (Å²) in [6.45, 7) is 2.44. The third-order valence-electron chi connectivity index (χ3n) is 4.69. The third kappa shape index (κ3) is 3.26. The van der Waals surface area contributed by atoms with Crippen molar-refractivity contribution >= 4 is 22.7 Å².